The van der Waals surface area contributed by atoms with E-state index in [0.717, 1.165) is 19.3 Å². The van der Waals surface area contributed by atoms with Gasteiger partial charge in [-0.15, -0.1) is 0 Å². The first-order valence-corrected chi connectivity index (χ1v) is 13.0. The molecule has 0 saturated carbocycles. The molecule has 1 aliphatic heterocycles. The topological polar surface area (TPSA) is 99.8 Å². The van der Waals surface area contributed by atoms with Crippen LogP contribution in [0.4, 0.5) is 0 Å². The Hall–Kier alpha value is -0.730. The SMILES string of the molecule is CCCCC1CC(C)(C)N(OC(C)C(O)NC(C)(C)C(=O)NCCC(C)(N)CC)C(C)(C)C1. The molecule has 0 bridgehead atoms. The standard InChI is InChI=1S/C26H54N4O3/c1-11-13-14-20-17-23(4,5)30(24(6,7)18-20)33-19(3)21(31)29-25(8,9)22(32)28-16-15-26(10,27)12-2/h19-21,29,31H,11-18,27H2,1-10H3,(H,28,32). The fourth-order valence-electron chi connectivity index (χ4n) is 5.09. The van der Waals surface area contributed by atoms with E-state index in [9.17, 15) is 9.90 Å². The Bertz CT molecular complexity index is 601. The molecule has 1 aliphatic rings. The minimum Gasteiger partial charge on any atom is -0.376 e. The first kappa shape index (κ1) is 30.3. The molecular formula is C26H54N4O3. The summed E-state index contributed by atoms with van der Waals surface area (Å²) in [6.07, 6.45) is 5.91. The predicted octanol–water partition coefficient (Wildman–Crippen LogP) is 4.09. The van der Waals surface area contributed by atoms with E-state index >= 15 is 0 Å². The molecule has 1 saturated heterocycles. The number of aliphatic hydroxyl groups excluding tert-OH is 1. The molecule has 196 valence electrons. The van der Waals surface area contributed by atoms with Crippen LogP contribution in [0.2, 0.25) is 0 Å². The van der Waals surface area contributed by atoms with Gasteiger partial charge in [-0.05, 0) is 87.0 Å². The number of piperidine rings is 1. The van der Waals surface area contributed by atoms with Crippen molar-refractivity contribution in [2.75, 3.05) is 6.54 Å². The van der Waals surface area contributed by atoms with Crippen molar-refractivity contribution in [2.45, 2.75) is 149 Å². The molecule has 3 atom stereocenters. The number of nitrogens with one attached hydrogen (secondary N) is 2. The number of hydrogen-bond donors (Lipinski definition) is 4. The van der Waals surface area contributed by atoms with E-state index < -0.39 is 17.9 Å². The first-order chi connectivity index (χ1) is 15.0. The number of carbonyl (C=O) groups excluding carboxylic acids is 1. The quantitative estimate of drug-likeness (QED) is 0.303. The molecule has 1 fully saturated rings. The number of nitrogens with two attached hydrogens (primary N) is 1. The maximum Gasteiger partial charge on any atom is 0.239 e. The molecule has 0 spiro atoms. The zero-order chi connectivity index (χ0) is 25.7. The molecule has 0 aromatic heterocycles. The maximum atomic E-state index is 12.7. The molecular weight excluding hydrogens is 416 g/mol. The summed E-state index contributed by atoms with van der Waals surface area (Å²) in [6.45, 7) is 21.0. The minimum absolute atomic E-state index is 0.144. The first-order valence-electron chi connectivity index (χ1n) is 13.0. The average Bonchev–Trinajstić information content (AvgIpc) is 2.67. The van der Waals surface area contributed by atoms with Gasteiger partial charge in [0.2, 0.25) is 5.91 Å². The van der Waals surface area contributed by atoms with E-state index in [0.29, 0.717) is 18.9 Å². The number of nitrogens with zero attached hydrogens (tertiary/aromatic N) is 1. The Morgan fingerprint density at radius 3 is 2.21 bits per heavy atom. The lowest BCUT2D eigenvalue weighted by Crippen LogP contribution is -2.64. The molecule has 0 aromatic rings. The van der Waals surface area contributed by atoms with Crippen LogP contribution >= 0.6 is 0 Å². The normalized spacial score (nSPS) is 23.0. The van der Waals surface area contributed by atoms with E-state index in [-0.39, 0.29) is 22.5 Å². The van der Waals surface area contributed by atoms with E-state index in [1.165, 1.54) is 19.3 Å². The second-order valence-electron chi connectivity index (χ2n) is 12.4. The molecule has 0 aromatic carbocycles. The molecule has 7 heteroatoms. The van der Waals surface area contributed by atoms with Gasteiger partial charge in [0.05, 0.1) is 5.54 Å². The van der Waals surface area contributed by atoms with Gasteiger partial charge in [-0.1, -0.05) is 33.1 Å². The van der Waals surface area contributed by atoms with Crippen molar-refractivity contribution in [3.05, 3.63) is 0 Å². The average molecular weight is 471 g/mol. The van der Waals surface area contributed by atoms with Gasteiger partial charge >= 0.3 is 0 Å². The van der Waals surface area contributed by atoms with Crippen molar-refractivity contribution in [3.8, 4) is 0 Å². The van der Waals surface area contributed by atoms with Crippen LogP contribution in [0, 0.1) is 5.92 Å². The van der Waals surface area contributed by atoms with Crippen LogP contribution in [0.5, 0.6) is 0 Å². The summed E-state index contributed by atoms with van der Waals surface area (Å²) in [6, 6.07) is 0. The third-order valence-electron chi connectivity index (χ3n) is 7.22. The summed E-state index contributed by atoms with van der Waals surface area (Å²) in [4.78, 5) is 19.1. The summed E-state index contributed by atoms with van der Waals surface area (Å²) in [5.41, 5.74) is 4.63. The Morgan fingerprint density at radius 2 is 1.73 bits per heavy atom. The lowest BCUT2D eigenvalue weighted by molar-refractivity contribution is -0.321. The fourth-order valence-corrected chi connectivity index (χ4v) is 5.09. The van der Waals surface area contributed by atoms with Gasteiger partial charge in [0.15, 0.2) is 0 Å². The summed E-state index contributed by atoms with van der Waals surface area (Å²) in [7, 11) is 0. The zero-order valence-corrected chi connectivity index (χ0v) is 23.2. The zero-order valence-electron chi connectivity index (χ0n) is 23.2. The highest BCUT2D eigenvalue weighted by molar-refractivity contribution is 5.85. The molecule has 1 amide bonds. The van der Waals surface area contributed by atoms with Gasteiger partial charge < -0.3 is 16.2 Å². The van der Waals surface area contributed by atoms with Gasteiger partial charge in [-0.2, -0.15) is 5.06 Å². The molecule has 5 N–H and O–H groups in total. The summed E-state index contributed by atoms with van der Waals surface area (Å²) in [5.74, 6) is 0.511. The number of aliphatic hydroxyl groups is 1. The van der Waals surface area contributed by atoms with Gasteiger partial charge in [0, 0.05) is 23.2 Å². The van der Waals surface area contributed by atoms with Gasteiger partial charge in [0.25, 0.3) is 0 Å². The lowest BCUT2D eigenvalue weighted by atomic mass is 9.73. The summed E-state index contributed by atoms with van der Waals surface area (Å²) >= 11 is 0. The van der Waals surface area contributed by atoms with E-state index in [2.05, 4.69) is 50.3 Å². The predicted molar refractivity (Wildman–Crippen MR) is 137 cm³/mol. The summed E-state index contributed by atoms with van der Waals surface area (Å²) in [5, 5.41) is 19.0. The molecule has 1 rings (SSSR count). The number of unbranched alkanes of at least 4 members (excludes halogenated alkanes) is 1. The van der Waals surface area contributed by atoms with Crippen LogP contribution in [0.15, 0.2) is 0 Å². The Balaban J connectivity index is 2.72. The highest BCUT2D eigenvalue weighted by Gasteiger charge is 2.47. The van der Waals surface area contributed by atoms with Crippen molar-refractivity contribution in [1.82, 2.24) is 15.7 Å². The number of rotatable bonds is 13. The smallest absolute Gasteiger partial charge is 0.239 e. The van der Waals surface area contributed by atoms with Crippen molar-refractivity contribution >= 4 is 5.91 Å². The van der Waals surface area contributed by atoms with Crippen molar-refractivity contribution in [2.24, 2.45) is 11.7 Å². The third kappa shape index (κ3) is 9.10. The van der Waals surface area contributed by atoms with E-state index in [4.69, 9.17) is 10.6 Å². The number of hydroxylamine groups is 2. The third-order valence-corrected chi connectivity index (χ3v) is 7.22. The van der Waals surface area contributed by atoms with Crippen molar-refractivity contribution in [1.29, 1.82) is 0 Å². The largest absolute Gasteiger partial charge is 0.376 e. The highest BCUT2D eigenvalue weighted by atomic mass is 16.7. The van der Waals surface area contributed by atoms with Crippen LogP contribution in [-0.2, 0) is 9.63 Å². The Kier molecular flexibility index (Phi) is 10.8. The van der Waals surface area contributed by atoms with Crippen molar-refractivity contribution in [3.63, 3.8) is 0 Å². The van der Waals surface area contributed by atoms with E-state index in [1.54, 1.807) is 13.8 Å². The van der Waals surface area contributed by atoms with Gasteiger partial charge in [-0.25, -0.2) is 0 Å². The highest BCUT2D eigenvalue weighted by Crippen LogP contribution is 2.43. The Labute approximate surface area is 203 Å². The molecule has 0 aliphatic carbocycles. The minimum atomic E-state index is -0.995. The molecule has 7 nitrogen and oxygen atoms in total. The molecule has 3 unspecified atom stereocenters. The lowest BCUT2D eigenvalue weighted by Gasteiger charge is -2.55. The number of carbonyl (C=O) groups is 1. The van der Waals surface area contributed by atoms with Crippen LogP contribution in [0.3, 0.4) is 0 Å². The molecule has 0 radical (unpaired) electrons. The second kappa shape index (κ2) is 11.8. The van der Waals surface area contributed by atoms with Crippen LogP contribution < -0.4 is 16.4 Å². The van der Waals surface area contributed by atoms with Crippen LogP contribution in [0.25, 0.3) is 0 Å². The second-order valence-corrected chi connectivity index (χ2v) is 12.4. The molecule has 33 heavy (non-hydrogen) atoms. The summed E-state index contributed by atoms with van der Waals surface area (Å²) < 4.78 is 0. The number of hydrogen-bond acceptors (Lipinski definition) is 6. The van der Waals surface area contributed by atoms with E-state index in [1.807, 2.05) is 20.8 Å². The maximum absolute atomic E-state index is 12.7. The monoisotopic (exact) mass is 470 g/mol. The Morgan fingerprint density at radius 1 is 1.18 bits per heavy atom. The number of amides is 1. The van der Waals surface area contributed by atoms with Gasteiger partial charge in [-0.3, -0.25) is 14.9 Å². The van der Waals surface area contributed by atoms with Crippen LogP contribution in [-0.4, -0.2) is 57.1 Å². The van der Waals surface area contributed by atoms with Gasteiger partial charge in [0.1, 0.15) is 12.3 Å². The molecule has 1 heterocycles. The van der Waals surface area contributed by atoms with Crippen molar-refractivity contribution < 1.29 is 14.7 Å². The fraction of sp³-hybridized carbons (Fsp3) is 0.962. The van der Waals surface area contributed by atoms with Crippen LogP contribution in [0.1, 0.15) is 114 Å².